The molecule has 0 radical (unpaired) electrons. The van der Waals surface area contributed by atoms with Gasteiger partial charge in [-0.1, -0.05) is 11.6 Å². The molecule has 9 nitrogen and oxygen atoms in total. The molecule has 4 unspecified atom stereocenters. The van der Waals surface area contributed by atoms with Crippen molar-refractivity contribution in [2.75, 3.05) is 11.5 Å². The van der Waals surface area contributed by atoms with E-state index in [1.54, 1.807) is 37.3 Å². The first kappa shape index (κ1) is 23.0. The number of ether oxygens (including phenoxy) is 3. The van der Waals surface area contributed by atoms with E-state index >= 15 is 0 Å². The molecule has 2 aliphatic heterocycles. The van der Waals surface area contributed by atoms with Crippen LogP contribution in [0.25, 0.3) is 0 Å². The Bertz CT molecular complexity index is 1110. The minimum absolute atomic E-state index is 0.0354. The minimum Gasteiger partial charge on any atom is -0.457 e. The number of anilines is 2. The van der Waals surface area contributed by atoms with Crippen LogP contribution in [0, 0.1) is 23.7 Å². The topological polar surface area (TPSA) is 148 Å². The fourth-order valence-electron chi connectivity index (χ4n) is 4.38. The van der Waals surface area contributed by atoms with E-state index in [0.717, 1.165) is 28.4 Å². The molecular weight excluding hydrogens is 440 g/mol. The fourth-order valence-corrected chi connectivity index (χ4v) is 4.38. The number of cyclic esters (lactones) is 4. The second-order valence-corrected chi connectivity index (χ2v) is 8.48. The van der Waals surface area contributed by atoms with Gasteiger partial charge < -0.3 is 25.7 Å². The summed E-state index contributed by atoms with van der Waals surface area (Å²) in [6.45, 7) is 1.74. The van der Waals surface area contributed by atoms with Crippen molar-refractivity contribution < 1.29 is 33.4 Å². The third-order valence-corrected chi connectivity index (χ3v) is 6.07. The zero-order chi connectivity index (χ0) is 24.4. The third-order valence-electron chi connectivity index (χ3n) is 6.07. The number of hydrogen-bond donors (Lipinski definition) is 2. The number of benzene rings is 2. The summed E-state index contributed by atoms with van der Waals surface area (Å²) in [4.78, 5) is 45.9. The van der Waals surface area contributed by atoms with Gasteiger partial charge in [-0.15, -0.1) is 0 Å². The highest BCUT2D eigenvalue weighted by molar-refractivity contribution is 5.99. The van der Waals surface area contributed by atoms with E-state index in [-0.39, 0.29) is 12.3 Å². The molecule has 4 atom stereocenters. The van der Waals surface area contributed by atoms with Gasteiger partial charge in [0.05, 0.1) is 24.2 Å². The lowest BCUT2D eigenvalue weighted by molar-refractivity contribution is -0.155. The molecule has 0 spiro atoms. The highest BCUT2D eigenvalue weighted by atomic mass is 16.6. The summed E-state index contributed by atoms with van der Waals surface area (Å²) < 4.78 is 14.7. The van der Waals surface area contributed by atoms with Crippen LogP contribution in [0.4, 0.5) is 11.4 Å². The maximum Gasteiger partial charge on any atom is 0.321 e. The number of carbonyl (C=O) groups excluding carboxylic acids is 4. The van der Waals surface area contributed by atoms with Crippen LogP contribution >= 0.6 is 0 Å². The normalized spacial score (nSPS) is 25.5. The molecule has 0 aromatic heterocycles. The molecule has 2 aromatic carbocycles. The Kier molecular flexibility index (Phi) is 6.36. The monoisotopic (exact) mass is 464 g/mol. The lowest BCUT2D eigenvalue weighted by Crippen LogP contribution is -2.31. The average Bonchev–Trinajstić information content (AvgIpc) is 3.29. The Morgan fingerprint density at radius 2 is 1.29 bits per heavy atom. The molecule has 4 N–H and O–H groups in total. The van der Waals surface area contributed by atoms with Crippen LogP contribution in [0.15, 0.2) is 60.2 Å². The fraction of sp³-hybridized carbons (Fsp3) is 0.280. The molecule has 5 rings (SSSR count). The number of nitrogen functional groups attached to an aromatic ring is 2. The molecule has 2 fully saturated rings. The molecule has 176 valence electrons. The van der Waals surface area contributed by atoms with Crippen molar-refractivity contribution >= 4 is 35.3 Å². The minimum atomic E-state index is -0.549. The second-order valence-electron chi connectivity index (χ2n) is 8.48. The van der Waals surface area contributed by atoms with Crippen molar-refractivity contribution in [3.8, 4) is 11.5 Å². The number of nitrogens with two attached hydrogens (primary N) is 2. The van der Waals surface area contributed by atoms with Gasteiger partial charge in [0.25, 0.3) is 0 Å². The molecule has 1 aliphatic carbocycles. The van der Waals surface area contributed by atoms with Gasteiger partial charge in [-0.25, -0.2) is 0 Å². The molecule has 9 heteroatoms. The van der Waals surface area contributed by atoms with Crippen LogP contribution in [0.1, 0.15) is 19.8 Å². The van der Waals surface area contributed by atoms with Gasteiger partial charge in [-0.05, 0) is 67.8 Å². The van der Waals surface area contributed by atoms with Gasteiger partial charge in [0.15, 0.2) is 0 Å². The molecule has 2 aromatic rings. The largest absolute Gasteiger partial charge is 0.457 e. The highest BCUT2D eigenvalue weighted by Crippen LogP contribution is 2.43. The van der Waals surface area contributed by atoms with Crippen LogP contribution in [0.3, 0.4) is 0 Å². The molecule has 2 saturated heterocycles. The highest BCUT2D eigenvalue weighted by Gasteiger charge is 2.51. The Hall–Kier alpha value is -4.14. The maximum atomic E-state index is 11.6. The van der Waals surface area contributed by atoms with Gasteiger partial charge in [0, 0.05) is 11.4 Å². The SMILES string of the molecule is CC1=CC(C2CC(=O)OC2=O)CC2C(=O)OC(=O)C12.Nc1ccc(Oc2ccc(N)cc2)cc1. The summed E-state index contributed by atoms with van der Waals surface area (Å²) in [7, 11) is 0. The number of allylic oxidation sites excluding steroid dienone is 1. The summed E-state index contributed by atoms with van der Waals surface area (Å²) in [5.41, 5.74) is 13.3. The molecule has 0 amide bonds. The third kappa shape index (κ3) is 4.93. The smallest absolute Gasteiger partial charge is 0.321 e. The van der Waals surface area contributed by atoms with Gasteiger partial charge in [-0.2, -0.15) is 0 Å². The average molecular weight is 464 g/mol. The van der Waals surface area contributed by atoms with Crippen molar-refractivity contribution in [3.05, 3.63) is 60.2 Å². The van der Waals surface area contributed by atoms with Crippen molar-refractivity contribution in [1.82, 2.24) is 0 Å². The zero-order valence-corrected chi connectivity index (χ0v) is 18.4. The van der Waals surface area contributed by atoms with E-state index < -0.39 is 41.6 Å². The number of rotatable bonds is 3. The standard InChI is InChI=1S/C13H12O6.C12H12N2O/c1-5-2-6(7-4-9(14)18-11(7)15)3-8-10(5)13(17)19-12(8)16;13-9-1-5-11(6-2-9)15-12-7-3-10(14)4-8-12/h2,6-8,10H,3-4H2,1H3;1-8H,13-14H2. The predicted octanol–water partition coefficient (Wildman–Crippen LogP) is 3.00. The first-order valence-corrected chi connectivity index (χ1v) is 10.8. The van der Waals surface area contributed by atoms with E-state index in [9.17, 15) is 19.2 Å². The molecule has 0 saturated carbocycles. The summed E-state index contributed by atoms with van der Waals surface area (Å²) in [6.07, 6.45) is 2.18. The number of fused-ring (bicyclic) bond motifs is 1. The summed E-state index contributed by atoms with van der Waals surface area (Å²) >= 11 is 0. The molecule has 2 heterocycles. The Morgan fingerprint density at radius 3 is 1.79 bits per heavy atom. The van der Waals surface area contributed by atoms with Gasteiger partial charge in [0.1, 0.15) is 11.5 Å². The summed E-state index contributed by atoms with van der Waals surface area (Å²) in [5.74, 6) is -2.49. The first-order chi connectivity index (χ1) is 16.2. The lowest BCUT2D eigenvalue weighted by atomic mass is 9.72. The van der Waals surface area contributed by atoms with E-state index in [1.807, 2.05) is 24.3 Å². The molecule has 34 heavy (non-hydrogen) atoms. The van der Waals surface area contributed by atoms with Gasteiger partial charge >= 0.3 is 23.9 Å². The first-order valence-electron chi connectivity index (χ1n) is 10.8. The Labute approximate surface area is 195 Å². The van der Waals surface area contributed by atoms with E-state index in [1.165, 1.54) is 0 Å². The molecule has 0 bridgehead atoms. The quantitative estimate of drug-likeness (QED) is 0.303. The predicted molar refractivity (Wildman–Crippen MR) is 121 cm³/mol. The van der Waals surface area contributed by atoms with Crippen LogP contribution in [-0.2, 0) is 28.7 Å². The van der Waals surface area contributed by atoms with Crippen LogP contribution < -0.4 is 16.2 Å². The van der Waals surface area contributed by atoms with Crippen molar-refractivity contribution in [1.29, 1.82) is 0 Å². The van der Waals surface area contributed by atoms with Crippen LogP contribution in [-0.4, -0.2) is 23.9 Å². The summed E-state index contributed by atoms with van der Waals surface area (Å²) in [5, 5.41) is 0. The van der Waals surface area contributed by atoms with Crippen molar-refractivity contribution in [2.45, 2.75) is 19.8 Å². The van der Waals surface area contributed by atoms with Gasteiger partial charge in [0.2, 0.25) is 0 Å². The van der Waals surface area contributed by atoms with Gasteiger partial charge in [-0.3, -0.25) is 19.2 Å². The second kappa shape index (κ2) is 9.38. The number of carbonyl (C=O) groups is 4. The van der Waals surface area contributed by atoms with E-state index in [0.29, 0.717) is 6.42 Å². The maximum absolute atomic E-state index is 11.6. The molecule has 3 aliphatic rings. The Balaban J connectivity index is 0.000000166. The number of esters is 4. The molecular formula is C25H24N2O7. The summed E-state index contributed by atoms with van der Waals surface area (Å²) in [6, 6.07) is 14.5. The van der Waals surface area contributed by atoms with Crippen LogP contribution in [0.2, 0.25) is 0 Å². The number of hydrogen-bond acceptors (Lipinski definition) is 9. The van der Waals surface area contributed by atoms with Crippen molar-refractivity contribution in [3.63, 3.8) is 0 Å². The van der Waals surface area contributed by atoms with Crippen LogP contribution in [0.5, 0.6) is 11.5 Å². The van der Waals surface area contributed by atoms with E-state index in [2.05, 4.69) is 9.47 Å². The van der Waals surface area contributed by atoms with Crippen molar-refractivity contribution in [2.24, 2.45) is 23.7 Å². The van der Waals surface area contributed by atoms with E-state index in [4.69, 9.17) is 16.2 Å². The Morgan fingerprint density at radius 1 is 0.765 bits per heavy atom. The zero-order valence-electron chi connectivity index (χ0n) is 18.4. The lowest BCUT2D eigenvalue weighted by Gasteiger charge is -2.27.